The Morgan fingerprint density at radius 1 is 1.44 bits per heavy atom. The molecule has 0 atom stereocenters. The molecule has 2 N–H and O–H groups in total. The number of aromatic nitrogens is 2. The fraction of sp³-hybridized carbons (Fsp3) is 0.727. The fourth-order valence-corrected chi connectivity index (χ4v) is 2.20. The number of hydrogen-bond acceptors (Lipinski definition) is 6. The molecule has 18 heavy (non-hydrogen) atoms. The number of carbonyl (C=O) groups is 1. The first-order valence-corrected chi connectivity index (χ1v) is 6.88. The average Bonchev–Trinajstić information content (AvgIpc) is 2.74. The molecule has 0 saturated heterocycles. The van der Waals surface area contributed by atoms with Gasteiger partial charge in [0.05, 0.1) is 13.1 Å². The van der Waals surface area contributed by atoms with Gasteiger partial charge in [-0.3, -0.25) is 9.69 Å². The van der Waals surface area contributed by atoms with Gasteiger partial charge in [-0.25, -0.2) is 0 Å². The van der Waals surface area contributed by atoms with E-state index in [-0.39, 0.29) is 11.9 Å². The topological polar surface area (TPSA) is 70.2 Å². The van der Waals surface area contributed by atoms with Crippen molar-refractivity contribution >= 4 is 22.4 Å². The Morgan fingerprint density at radius 2 is 2.17 bits per heavy atom. The number of nitrogens with one attached hydrogen (secondary N) is 2. The highest BCUT2D eigenvalue weighted by molar-refractivity contribution is 7.15. The Bertz CT molecular complexity index is 379. The van der Waals surface area contributed by atoms with E-state index in [0.29, 0.717) is 13.1 Å². The van der Waals surface area contributed by atoms with E-state index in [0.717, 1.165) is 16.7 Å². The van der Waals surface area contributed by atoms with Crippen LogP contribution in [0.4, 0.5) is 5.13 Å². The Morgan fingerprint density at radius 3 is 2.67 bits per heavy atom. The number of rotatable bonds is 7. The molecular weight excluding hydrogens is 250 g/mol. The zero-order valence-corrected chi connectivity index (χ0v) is 12.2. The lowest BCUT2D eigenvalue weighted by atomic mass is 10.3. The minimum absolute atomic E-state index is 0.0465. The summed E-state index contributed by atoms with van der Waals surface area (Å²) in [6.07, 6.45) is 0. The van der Waals surface area contributed by atoms with E-state index in [9.17, 15) is 4.79 Å². The van der Waals surface area contributed by atoms with Crippen LogP contribution in [-0.4, -0.2) is 47.2 Å². The molecule has 7 heteroatoms. The first-order chi connectivity index (χ1) is 8.55. The van der Waals surface area contributed by atoms with E-state index < -0.39 is 0 Å². The maximum atomic E-state index is 11.7. The summed E-state index contributed by atoms with van der Waals surface area (Å²) < 4.78 is 0. The molecule has 1 heterocycles. The summed E-state index contributed by atoms with van der Waals surface area (Å²) in [5.74, 6) is 0.0465. The second-order valence-electron chi connectivity index (χ2n) is 4.28. The molecule has 1 aromatic rings. The van der Waals surface area contributed by atoms with Crippen molar-refractivity contribution in [1.29, 1.82) is 0 Å². The van der Waals surface area contributed by atoms with Crippen molar-refractivity contribution in [3.05, 3.63) is 5.01 Å². The van der Waals surface area contributed by atoms with E-state index in [1.165, 1.54) is 11.3 Å². The molecule has 0 aliphatic carbocycles. The minimum atomic E-state index is 0.0465. The first kappa shape index (κ1) is 14.8. The molecule has 0 spiro atoms. The predicted octanol–water partition coefficient (Wildman–Crippen LogP) is 0.926. The summed E-state index contributed by atoms with van der Waals surface area (Å²) in [7, 11) is 1.82. The van der Waals surface area contributed by atoms with Gasteiger partial charge >= 0.3 is 0 Å². The number of hydrogen-bond donors (Lipinski definition) is 2. The van der Waals surface area contributed by atoms with Gasteiger partial charge in [-0.05, 0) is 20.4 Å². The van der Waals surface area contributed by atoms with Crippen LogP contribution in [0.15, 0.2) is 0 Å². The Balaban J connectivity index is 2.48. The van der Waals surface area contributed by atoms with Crippen molar-refractivity contribution in [3.8, 4) is 0 Å². The molecule has 0 bridgehead atoms. The van der Waals surface area contributed by atoms with E-state index >= 15 is 0 Å². The van der Waals surface area contributed by atoms with Crippen LogP contribution in [0.5, 0.6) is 0 Å². The smallest absolute Gasteiger partial charge is 0.234 e. The van der Waals surface area contributed by atoms with E-state index in [4.69, 9.17) is 0 Å². The zero-order chi connectivity index (χ0) is 13.5. The summed E-state index contributed by atoms with van der Waals surface area (Å²) >= 11 is 1.51. The van der Waals surface area contributed by atoms with Gasteiger partial charge < -0.3 is 10.6 Å². The quantitative estimate of drug-likeness (QED) is 0.772. The van der Waals surface area contributed by atoms with Crippen LogP contribution >= 0.6 is 11.3 Å². The van der Waals surface area contributed by atoms with Gasteiger partial charge in [-0.1, -0.05) is 18.3 Å². The summed E-state index contributed by atoms with van der Waals surface area (Å²) in [5, 5.41) is 15.6. The molecule has 1 amide bonds. The molecule has 0 aliphatic rings. The van der Waals surface area contributed by atoms with E-state index in [1.807, 2.05) is 32.7 Å². The summed E-state index contributed by atoms with van der Waals surface area (Å²) in [6.45, 7) is 7.80. The van der Waals surface area contributed by atoms with E-state index in [1.54, 1.807) is 0 Å². The fourth-order valence-electron chi connectivity index (χ4n) is 1.46. The number of likely N-dealkylation sites (N-methyl/N-ethyl adjacent to an activating group) is 1. The van der Waals surface area contributed by atoms with Crippen LogP contribution in [-0.2, 0) is 11.3 Å². The van der Waals surface area contributed by atoms with Crippen LogP contribution in [0.1, 0.15) is 25.8 Å². The highest BCUT2D eigenvalue weighted by Gasteiger charge is 2.12. The average molecular weight is 271 g/mol. The monoisotopic (exact) mass is 271 g/mol. The zero-order valence-electron chi connectivity index (χ0n) is 11.4. The predicted molar refractivity (Wildman–Crippen MR) is 73.7 cm³/mol. The molecule has 0 unspecified atom stereocenters. The molecule has 1 rings (SSSR count). The third-order valence-corrected chi connectivity index (χ3v) is 3.23. The van der Waals surface area contributed by atoms with Gasteiger partial charge in [-0.15, -0.1) is 10.2 Å². The van der Waals surface area contributed by atoms with Crippen LogP contribution in [0.25, 0.3) is 0 Å². The molecule has 6 nitrogen and oxygen atoms in total. The van der Waals surface area contributed by atoms with Gasteiger partial charge in [-0.2, -0.15) is 0 Å². The van der Waals surface area contributed by atoms with Gasteiger partial charge in [0.1, 0.15) is 5.01 Å². The number of anilines is 1. The maximum Gasteiger partial charge on any atom is 0.234 e. The van der Waals surface area contributed by atoms with Crippen LogP contribution in [0.2, 0.25) is 0 Å². The van der Waals surface area contributed by atoms with Crippen LogP contribution < -0.4 is 10.6 Å². The van der Waals surface area contributed by atoms with Gasteiger partial charge in [0.25, 0.3) is 0 Å². The largest absolute Gasteiger partial charge is 0.363 e. The van der Waals surface area contributed by atoms with Crippen molar-refractivity contribution in [1.82, 2.24) is 20.4 Å². The first-order valence-electron chi connectivity index (χ1n) is 6.07. The normalized spacial score (nSPS) is 11.0. The summed E-state index contributed by atoms with van der Waals surface area (Å²) in [5.41, 5.74) is 0. The van der Waals surface area contributed by atoms with Gasteiger partial charge in [0, 0.05) is 13.1 Å². The standard InChI is InChI=1S/C11H21N5OS/c1-5-16(6-9(17)13-8(2)3)7-10-14-15-11(12-4)18-10/h8H,5-7H2,1-4H3,(H,12,15)(H,13,17). The molecule has 0 aliphatic heterocycles. The Labute approximate surface area is 112 Å². The third-order valence-electron chi connectivity index (χ3n) is 2.30. The van der Waals surface area contributed by atoms with Gasteiger partial charge in [0.15, 0.2) is 0 Å². The summed E-state index contributed by atoms with van der Waals surface area (Å²) in [4.78, 5) is 13.7. The van der Waals surface area contributed by atoms with Crippen molar-refractivity contribution in [2.24, 2.45) is 0 Å². The second kappa shape index (κ2) is 7.27. The third kappa shape index (κ3) is 4.97. The molecule has 0 aromatic carbocycles. The highest BCUT2D eigenvalue weighted by Crippen LogP contribution is 2.15. The maximum absolute atomic E-state index is 11.7. The lowest BCUT2D eigenvalue weighted by molar-refractivity contribution is -0.122. The highest BCUT2D eigenvalue weighted by atomic mass is 32.1. The lowest BCUT2D eigenvalue weighted by Crippen LogP contribution is -2.39. The summed E-state index contributed by atoms with van der Waals surface area (Å²) in [6, 6.07) is 0.175. The second-order valence-corrected chi connectivity index (χ2v) is 5.34. The van der Waals surface area contributed by atoms with Crippen molar-refractivity contribution in [2.75, 3.05) is 25.5 Å². The van der Waals surface area contributed by atoms with Crippen molar-refractivity contribution < 1.29 is 4.79 Å². The molecule has 1 aromatic heterocycles. The van der Waals surface area contributed by atoms with Crippen molar-refractivity contribution in [2.45, 2.75) is 33.4 Å². The Hall–Kier alpha value is -1.21. The molecule has 0 saturated carbocycles. The molecule has 0 fully saturated rings. The molecule has 0 radical (unpaired) electrons. The lowest BCUT2D eigenvalue weighted by Gasteiger charge is -2.19. The number of nitrogens with zero attached hydrogens (tertiary/aromatic N) is 3. The number of carbonyl (C=O) groups excluding carboxylic acids is 1. The van der Waals surface area contributed by atoms with Crippen LogP contribution in [0, 0.1) is 0 Å². The van der Waals surface area contributed by atoms with Crippen molar-refractivity contribution in [3.63, 3.8) is 0 Å². The van der Waals surface area contributed by atoms with E-state index in [2.05, 4.69) is 20.8 Å². The SMILES string of the molecule is CCN(CC(=O)NC(C)C)Cc1nnc(NC)s1. The number of amides is 1. The Kier molecular flexibility index (Phi) is 6.00. The van der Waals surface area contributed by atoms with Gasteiger partial charge in [0.2, 0.25) is 11.0 Å². The molecule has 102 valence electrons. The van der Waals surface area contributed by atoms with Crippen LogP contribution in [0.3, 0.4) is 0 Å². The molecular formula is C11H21N5OS. The minimum Gasteiger partial charge on any atom is -0.363 e.